The minimum atomic E-state index is -0.779. The van der Waals surface area contributed by atoms with Gasteiger partial charge in [0.25, 0.3) is 5.91 Å². The van der Waals surface area contributed by atoms with E-state index in [1.54, 1.807) is 6.07 Å². The SMILES string of the molecule is O=C(O)CCC1CCCN(C(=O)c2cccc(-c3ncn[nH]3)c2)C1. The molecule has 126 valence electrons. The molecule has 2 aromatic rings. The first-order valence-electron chi connectivity index (χ1n) is 8.10. The highest BCUT2D eigenvalue weighted by Gasteiger charge is 2.25. The fourth-order valence-electron chi connectivity index (χ4n) is 3.14. The minimum absolute atomic E-state index is 0.0172. The second-order valence-corrected chi connectivity index (χ2v) is 6.11. The van der Waals surface area contributed by atoms with Crippen LogP contribution < -0.4 is 0 Å². The smallest absolute Gasteiger partial charge is 0.303 e. The third kappa shape index (κ3) is 3.79. The van der Waals surface area contributed by atoms with E-state index in [-0.39, 0.29) is 18.2 Å². The molecule has 1 aliphatic rings. The molecule has 1 fully saturated rings. The summed E-state index contributed by atoms with van der Waals surface area (Å²) in [6, 6.07) is 7.31. The van der Waals surface area contributed by atoms with E-state index in [2.05, 4.69) is 15.2 Å². The number of likely N-dealkylation sites (tertiary alicyclic amines) is 1. The maximum atomic E-state index is 12.8. The van der Waals surface area contributed by atoms with Crippen LogP contribution in [0.3, 0.4) is 0 Å². The number of benzene rings is 1. The zero-order valence-electron chi connectivity index (χ0n) is 13.3. The van der Waals surface area contributed by atoms with Crippen LogP contribution >= 0.6 is 0 Å². The van der Waals surface area contributed by atoms with E-state index in [1.165, 1.54) is 6.33 Å². The van der Waals surface area contributed by atoms with Crippen LogP contribution in [0, 0.1) is 5.92 Å². The van der Waals surface area contributed by atoms with Crippen LogP contribution in [0.15, 0.2) is 30.6 Å². The van der Waals surface area contributed by atoms with Crippen molar-refractivity contribution < 1.29 is 14.7 Å². The number of aromatic amines is 1. The molecule has 0 aliphatic carbocycles. The van der Waals surface area contributed by atoms with E-state index in [1.807, 2.05) is 23.1 Å². The number of carboxylic acid groups (broad SMARTS) is 1. The molecule has 2 N–H and O–H groups in total. The van der Waals surface area contributed by atoms with Crippen molar-refractivity contribution in [3.8, 4) is 11.4 Å². The first-order chi connectivity index (χ1) is 11.6. The predicted octanol–water partition coefficient (Wildman–Crippen LogP) is 2.19. The van der Waals surface area contributed by atoms with Crippen LogP contribution in [0.2, 0.25) is 0 Å². The van der Waals surface area contributed by atoms with Gasteiger partial charge in [0.15, 0.2) is 5.82 Å². The zero-order chi connectivity index (χ0) is 16.9. The van der Waals surface area contributed by atoms with Gasteiger partial charge < -0.3 is 10.0 Å². The highest BCUT2D eigenvalue weighted by molar-refractivity contribution is 5.95. The molecule has 1 unspecified atom stereocenters. The second kappa shape index (κ2) is 7.25. The Balaban J connectivity index is 1.69. The average molecular weight is 328 g/mol. The lowest BCUT2D eigenvalue weighted by atomic mass is 9.93. The topological polar surface area (TPSA) is 99.2 Å². The van der Waals surface area contributed by atoms with Crippen molar-refractivity contribution in [2.75, 3.05) is 13.1 Å². The molecule has 1 aromatic heterocycles. The number of aromatic nitrogens is 3. The van der Waals surface area contributed by atoms with Gasteiger partial charge in [0.2, 0.25) is 0 Å². The summed E-state index contributed by atoms with van der Waals surface area (Å²) >= 11 is 0. The summed E-state index contributed by atoms with van der Waals surface area (Å²) in [5.74, 6) is 0.0912. The standard InChI is InChI=1S/C17H20N4O3/c22-15(23)7-6-12-3-2-8-21(10-12)17(24)14-5-1-4-13(9-14)16-18-11-19-20-16/h1,4-5,9,11-12H,2-3,6-8,10H2,(H,22,23)(H,18,19,20). The quantitative estimate of drug-likeness (QED) is 0.876. The van der Waals surface area contributed by atoms with E-state index in [0.29, 0.717) is 24.4 Å². The van der Waals surface area contributed by atoms with Crippen molar-refractivity contribution in [1.82, 2.24) is 20.1 Å². The van der Waals surface area contributed by atoms with Crippen molar-refractivity contribution in [2.24, 2.45) is 5.92 Å². The number of nitrogens with zero attached hydrogens (tertiary/aromatic N) is 3. The van der Waals surface area contributed by atoms with E-state index >= 15 is 0 Å². The lowest BCUT2D eigenvalue weighted by Gasteiger charge is -2.32. The van der Waals surface area contributed by atoms with Gasteiger partial charge in [0.05, 0.1) is 0 Å². The molecule has 24 heavy (non-hydrogen) atoms. The molecule has 1 aliphatic heterocycles. The number of amides is 1. The van der Waals surface area contributed by atoms with Gasteiger partial charge in [0, 0.05) is 30.6 Å². The Bertz CT molecular complexity index is 714. The minimum Gasteiger partial charge on any atom is -0.481 e. The fourth-order valence-corrected chi connectivity index (χ4v) is 3.14. The summed E-state index contributed by atoms with van der Waals surface area (Å²) in [7, 11) is 0. The lowest BCUT2D eigenvalue weighted by molar-refractivity contribution is -0.137. The maximum Gasteiger partial charge on any atom is 0.303 e. The fraction of sp³-hybridized carbons (Fsp3) is 0.412. The van der Waals surface area contributed by atoms with Crippen molar-refractivity contribution in [3.63, 3.8) is 0 Å². The molecule has 0 radical (unpaired) electrons. The molecule has 0 saturated carbocycles. The van der Waals surface area contributed by atoms with Gasteiger partial charge in [-0.15, -0.1) is 0 Å². The Morgan fingerprint density at radius 3 is 3.00 bits per heavy atom. The summed E-state index contributed by atoms with van der Waals surface area (Å²) < 4.78 is 0. The molecule has 1 atom stereocenters. The number of carbonyl (C=O) groups is 2. The van der Waals surface area contributed by atoms with Gasteiger partial charge in [-0.05, 0) is 37.3 Å². The van der Waals surface area contributed by atoms with Crippen molar-refractivity contribution in [3.05, 3.63) is 36.2 Å². The molecule has 1 saturated heterocycles. The van der Waals surface area contributed by atoms with Crippen molar-refractivity contribution >= 4 is 11.9 Å². The molecule has 0 spiro atoms. The Hall–Kier alpha value is -2.70. The number of H-pyrrole nitrogens is 1. The van der Waals surface area contributed by atoms with Gasteiger partial charge in [-0.1, -0.05) is 12.1 Å². The summed E-state index contributed by atoms with van der Waals surface area (Å²) in [4.78, 5) is 29.4. The largest absolute Gasteiger partial charge is 0.481 e. The van der Waals surface area contributed by atoms with Crippen LogP contribution in [-0.4, -0.2) is 50.2 Å². The van der Waals surface area contributed by atoms with Crippen LogP contribution in [0.25, 0.3) is 11.4 Å². The lowest BCUT2D eigenvalue weighted by Crippen LogP contribution is -2.40. The normalized spacial score (nSPS) is 17.7. The molecule has 7 heteroatoms. The first-order valence-corrected chi connectivity index (χ1v) is 8.10. The van der Waals surface area contributed by atoms with E-state index in [0.717, 1.165) is 24.9 Å². The van der Waals surface area contributed by atoms with E-state index in [9.17, 15) is 9.59 Å². The van der Waals surface area contributed by atoms with Crippen LogP contribution in [0.5, 0.6) is 0 Å². The summed E-state index contributed by atoms with van der Waals surface area (Å²) in [5, 5.41) is 15.4. The highest BCUT2D eigenvalue weighted by atomic mass is 16.4. The third-order valence-corrected chi connectivity index (χ3v) is 4.37. The third-order valence-electron chi connectivity index (χ3n) is 4.37. The maximum absolute atomic E-state index is 12.8. The number of carbonyl (C=O) groups excluding carboxylic acids is 1. The second-order valence-electron chi connectivity index (χ2n) is 6.11. The van der Waals surface area contributed by atoms with Gasteiger partial charge in [-0.2, -0.15) is 5.10 Å². The van der Waals surface area contributed by atoms with Crippen molar-refractivity contribution in [2.45, 2.75) is 25.7 Å². The Morgan fingerprint density at radius 2 is 2.25 bits per heavy atom. The summed E-state index contributed by atoms with van der Waals surface area (Å²) in [6.07, 6.45) is 4.11. The number of rotatable bonds is 5. The van der Waals surface area contributed by atoms with Gasteiger partial charge in [0.1, 0.15) is 6.33 Å². The Labute approximate surface area is 139 Å². The Morgan fingerprint density at radius 1 is 1.38 bits per heavy atom. The monoisotopic (exact) mass is 328 g/mol. The summed E-state index contributed by atoms with van der Waals surface area (Å²) in [5.41, 5.74) is 1.43. The zero-order valence-corrected chi connectivity index (χ0v) is 13.3. The number of hydrogen-bond donors (Lipinski definition) is 2. The summed E-state index contributed by atoms with van der Waals surface area (Å²) in [6.45, 7) is 1.34. The average Bonchev–Trinajstić information content (AvgIpc) is 3.14. The van der Waals surface area contributed by atoms with Crippen molar-refractivity contribution in [1.29, 1.82) is 0 Å². The van der Waals surface area contributed by atoms with Crippen LogP contribution in [0.1, 0.15) is 36.0 Å². The predicted molar refractivity (Wildman–Crippen MR) is 87.3 cm³/mol. The van der Waals surface area contributed by atoms with Gasteiger partial charge in [-0.25, -0.2) is 4.98 Å². The molecular formula is C17H20N4O3. The van der Waals surface area contributed by atoms with Crippen LogP contribution in [-0.2, 0) is 4.79 Å². The number of nitrogens with one attached hydrogen (secondary N) is 1. The number of aliphatic carboxylic acids is 1. The number of piperidine rings is 1. The molecule has 1 aromatic carbocycles. The van der Waals surface area contributed by atoms with Crippen LogP contribution in [0.4, 0.5) is 0 Å². The molecule has 0 bridgehead atoms. The molecule has 3 rings (SSSR count). The first kappa shape index (κ1) is 16.2. The Kier molecular flexibility index (Phi) is 4.88. The van der Waals surface area contributed by atoms with E-state index in [4.69, 9.17) is 5.11 Å². The number of hydrogen-bond acceptors (Lipinski definition) is 4. The molecule has 2 heterocycles. The van der Waals surface area contributed by atoms with E-state index < -0.39 is 5.97 Å². The molecule has 1 amide bonds. The van der Waals surface area contributed by atoms with Gasteiger partial charge >= 0.3 is 5.97 Å². The molecule has 7 nitrogen and oxygen atoms in total. The van der Waals surface area contributed by atoms with Gasteiger partial charge in [-0.3, -0.25) is 14.7 Å². The molecular weight excluding hydrogens is 308 g/mol. The highest BCUT2D eigenvalue weighted by Crippen LogP contribution is 2.23. The number of carboxylic acids is 1.